The first-order valence-corrected chi connectivity index (χ1v) is 13.2. The minimum atomic E-state index is -4.70. The molecule has 2 aromatic heterocycles. The van der Waals surface area contributed by atoms with Gasteiger partial charge in [0.15, 0.2) is 0 Å². The molecule has 0 aliphatic carbocycles. The Labute approximate surface area is 221 Å². The van der Waals surface area contributed by atoms with E-state index in [1.165, 1.54) is 23.4 Å². The van der Waals surface area contributed by atoms with Gasteiger partial charge < -0.3 is 9.30 Å². The minimum Gasteiger partial charge on any atom is -0.406 e. The monoisotopic (exact) mass is 525 g/mol. The van der Waals surface area contributed by atoms with Gasteiger partial charge in [-0.15, -0.1) is 13.2 Å². The molecule has 5 rings (SSSR count). The topological polar surface area (TPSA) is 38.5 Å². The third kappa shape index (κ3) is 6.22. The Kier molecular flexibility index (Phi) is 7.76. The predicted molar refractivity (Wildman–Crippen MR) is 143 cm³/mol. The van der Waals surface area contributed by atoms with Crippen LogP contribution in [0.1, 0.15) is 31.0 Å². The first kappa shape index (κ1) is 26.3. The van der Waals surface area contributed by atoms with Crippen LogP contribution in [0.25, 0.3) is 22.0 Å². The number of alkyl halides is 3. The third-order valence-corrected chi connectivity index (χ3v) is 7.28. The van der Waals surface area contributed by atoms with Crippen molar-refractivity contribution in [2.75, 3.05) is 26.2 Å². The van der Waals surface area contributed by atoms with Crippen molar-refractivity contribution in [1.29, 1.82) is 0 Å². The molecule has 9 heteroatoms. The number of aryl methyl sites for hydroxylation is 2. The van der Waals surface area contributed by atoms with E-state index in [1.807, 2.05) is 17.9 Å². The molecule has 202 valence electrons. The van der Waals surface area contributed by atoms with Crippen LogP contribution in [0, 0.1) is 0 Å². The summed E-state index contributed by atoms with van der Waals surface area (Å²) in [5, 5.41) is 5.39. The number of rotatable bonds is 9. The Balaban J connectivity index is 1.33. The van der Waals surface area contributed by atoms with Gasteiger partial charge >= 0.3 is 6.36 Å². The lowest BCUT2D eigenvalue weighted by Gasteiger charge is -2.34. The van der Waals surface area contributed by atoms with Crippen molar-refractivity contribution in [3.8, 4) is 16.9 Å². The number of aromatic nitrogens is 3. The van der Waals surface area contributed by atoms with Crippen LogP contribution in [0.4, 0.5) is 13.2 Å². The van der Waals surface area contributed by atoms with Crippen molar-refractivity contribution >= 4 is 10.9 Å². The second-order valence-corrected chi connectivity index (χ2v) is 10.0. The Morgan fingerprint density at radius 1 is 0.921 bits per heavy atom. The highest BCUT2D eigenvalue weighted by Crippen LogP contribution is 2.34. The van der Waals surface area contributed by atoms with E-state index >= 15 is 0 Å². The summed E-state index contributed by atoms with van der Waals surface area (Å²) >= 11 is 0. The maximum atomic E-state index is 12.6. The molecule has 6 nitrogen and oxygen atoms in total. The molecule has 0 amide bonds. The van der Waals surface area contributed by atoms with Crippen LogP contribution < -0.4 is 4.74 Å². The molecular weight excluding hydrogens is 491 g/mol. The number of nitrogens with zero attached hydrogens (tertiary/aromatic N) is 5. The fourth-order valence-corrected chi connectivity index (χ4v) is 5.17. The van der Waals surface area contributed by atoms with Crippen LogP contribution in [0.5, 0.6) is 5.75 Å². The predicted octanol–water partition coefficient (Wildman–Crippen LogP) is 6.06. The normalized spacial score (nSPS) is 15.4. The van der Waals surface area contributed by atoms with E-state index in [9.17, 15) is 13.2 Å². The molecule has 0 unspecified atom stereocenters. The number of hydrogen-bond acceptors (Lipinski definition) is 4. The minimum absolute atomic E-state index is 0.209. The van der Waals surface area contributed by atoms with E-state index in [1.54, 1.807) is 12.1 Å². The number of ether oxygens (including phenoxy) is 1. The first-order valence-electron chi connectivity index (χ1n) is 13.2. The van der Waals surface area contributed by atoms with E-state index in [-0.39, 0.29) is 5.75 Å². The molecule has 0 N–H and O–H groups in total. The maximum absolute atomic E-state index is 12.6. The fourth-order valence-electron chi connectivity index (χ4n) is 5.17. The number of piperazine rings is 1. The summed E-state index contributed by atoms with van der Waals surface area (Å²) < 4.78 is 46.1. The van der Waals surface area contributed by atoms with Gasteiger partial charge in [-0.25, -0.2) is 0 Å². The smallest absolute Gasteiger partial charge is 0.406 e. The van der Waals surface area contributed by atoms with Gasteiger partial charge in [0.25, 0.3) is 0 Å². The largest absolute Gasteiger partial charge is 0.573 e. The van der Waals surface area contributed by atoms with Gasteiger partial charge in [-0.05, 0) is 47.9 Å². The van der Waals surface area contributed by atoms with Gasteiger partial charge in [0.1, 0.15) is 5.75 Å². The van der Waals surface area contributed by atoms with Crippen molar-refractivity contribution in [3.05, 3.63) is 72.2 Å². The molecule has 2 aromatic carbocycles. The molecule has 0 radical (unpaired) electrons. The van der Waals surface area contributed by atoms with Gasteiger partial charge in [0.05, 0.1) is 5.69 Å². The Morgan fingerprint density at radius 2 is 1.63 bits per heavy atom. The molecular formula is C29H34F3N5O. The zero-order valence-corrected chi connectivity index (χ0v) is 21.9. The van der Waals surface area contributed by atoms with E-state index in [2.05, 4.69) is 61.6 Å². The molecule has 3 heterocycles. The highest BCUT2D eigenvalue weighted by Gasteiger charge is 2.31. The van der Waals surface area contributed by atoms with Crippen LogP contribution in [-0.2, 0) is 26.7 Å². The quantitative estimate of drug-likeness (QED) is 0.266. The number of unbranched alkanes of at least 4 members (excludes halogenated alkanes) is 1. The van der Waals surface area contributed by atoms with Crippen LogP contribution in [0.2, 0.25) is 0 Å². The zero-order chi connectivity index (χ0) is 26.7. The van der Waals surface area contributed by atoms with Crippen LogP contribution in [0.3, 0.4) is 0 Å². The Bertz CT molecular complexity index is 1350. The van der Waals surface area contributed by atoms with Gasteiger partial charge in [-0.3, -0.25) is 14.5 Å². The molecule has 0 spiro atoms. The fraction of sp³-hybridized carbons (Fsp3) is 0.414. The second kappa shape index (κ2) is 11.2. The summed E-state index contributed by atoms with van der Waals surface area (Å²) in [6.07, 6.45) is 1.42. The van der Waals surface area contributed by atoms with Crippen molar-refractivity contribution in [1.82, 2.24) is 24.1 Å². The van der Waals surface area contributed by atoms with Gasteiger partial charge in [0, 0.05) is 81.7 Å². The van der Waals surface area contributed by atoms with Gasteiger partial charge in [-0.2, -0.15) is 5.10 Å². The van der Waals surface area contributed by atoms with Crippen molar-refractivity contribution in [2.45, 2.75) is 45.8 Å². The summed E-state index contributed by atoms with van der Waals surface area (Å²) in [4.78, 5) is 4.95. The zero-order valence-electron chi connectivity index (χ0n) is 21.9. The molecule has 4 aromatic rings. The lowest BCUT2D eigenvalue weighted by molar-refractivity contribution is -0.274. The van der Waals surface area contributed by atoms with E-state index in [0.29, 0.717) is 0 Å². The molecule has 1 fully saturated rings. The number of hydrogen-bond donors (Lipinski definition) is 0. The number of halogens is 3. The molecule has 0 atom stereocenters. The average Bonchev–Trinajstić information content (AvgIpc) is 3.46. The summed E-state index contributed by atoms with van der Waals surface area (Å²) in [7, 11) is 1.98. The molecule has 1 aliphatic heterocycles. The van der Waals surface area contributed by atoms with E-state index in [4.69, 9.17) is 0 Å². The maximum Gasteiger partial charge on any atom is 0.573 e. The Morgan fingerprint density at radius 3 is 2.26 bits per heavy atom. The van der Waals surface area contributed by atoms with Crippen LogP contribution in [-0.4, -0.2) is 56.7 Å². The van der Waals surface area contributed by atoms with E-state index in [0.717, 1.165) is 80.7 Å². The van der Waals surface area contributed by atoms with Crippen molar-refractivity contribution in [2.24, 2.45) is 7.05 Å². The van der Waals surface area contributed by atoms with Crippen LogP contribution in [0.15, 0.2) is 60.9 Å². The first-order chi connectivity index (χ1) is 18.3. The number of fused-ring (bicyclic) bond motifs is 1. The van der Waals surface area contributed by atoms with E-state index < -0.39 is 6.36 Å². The highest BCUT2D eigenvalue weighted by molar-refractivity contribution is 5.96. The molecule has 0 saturated carbocycles. The summed E-state index contributed by atoms with van der Waals surface area (Å²) in [6, 6.07) is 14.9. The Hall–Kier alpha value is -3.30. The van der Waals surface area contributed by atoms with Crippen LogP contribution >= 0.6 is 0 Å². The molecule has 1 aliphatic rings. The number of benzene rings is 2. The lowest BCUT2D eigenvalue weighted by atomic mass is 10.0. The lowest BCUT2D eigenvalue weighted by Crippen LogP contribution is -2.45. The third-order valence-electron chi connectivity index (χ3n) is 7.28. The van der Waals surface area contributed by atoms with Gasteiger partial charge in [0.2, 0.25) is 0 Å². The SMILES string of the molecule is CCCCn1cc(-c2ccc(OC(F)(F)F)cc2)c2cc(CN3CCN(Cc4ccnn4C)CC3)ccc21. The summed E-state index contributed by atoms with van der Waals surface area (Å²) in [6.45, 7) is 8.88. The standard InChI is InChI=1S/C29H34F3N5O/c1-3-4-13-37-21-27(23-6-8-25(9-7-23)38-29(30,31)32)26-18-22(5-10-28(26)37)19-35-14-16-36(17-15-35)20-24-11-12-33-34(24)2/h5-12,18,21H,3-4,13-17,19-20H2,1-2H3. The second-order valence-electron chi connectivity index (χ2n) is 10.0. The van der Waals surface area contributed by atoms with Crippen molar-refractivity contribution in [3.63, 3.8) is 0 Å². The van der Waals surface area contributed by atoms with Gasteiger partial charge in [-0.1, -0.05) is 31.5 Å². The molecule has 1 saturated heterocycles. The highest BCUT2D eigenvalue weighted by atomic mass is 19.4. The molecule has 0 bridgehead atoms. The van der Waals surface area contributed by atoms with Crippen molar-refractivity contribution < 1.29 is 17.9 Å². The molecule has 38 heavy (non-hydrogen) atoms. The summed E-state index contributed by atoms with van der Waals surface area (Å²) in [5.41, 5.74) is 5.51. The average molecular weight is 526 g/mol. The summed E-state index contributed by atoms with van der Waals surface area (Å²) in [5.74, 6) is -0.209.